The highest BCUT2D eigenvalue weighted by molar-refractivity contribution is 6.35. The second-order valence-corrected chi connectivity index (χ2v) is 9.54. The minimum atomic E-state index is -0.613. The molecule has 3 aromatic rings. The summed E-state index contributed by atoms with van der Waals surface area (Å²) in [6, 6.07) is 12.3. The fraction of sp³-hybridized carbons (Fsp3) is 0.185. The number of benzene rings is 2. The number of hydrogen-bond acceptors (Lipinski definition) is 4. The van der Waals surface area contributed by atoms with Crippen molar-refractivity contribution >= 4 is 58.4 Å². The van der Waals surface area contributed by atoms with Crippen LogP contribution in [0.2, 0.25) is 15.1 Å². The van der Waals surface area contributed by atoms with Crippen LogP contribution in [0.25, 0.3) is 11.8 Å². The third-order valence-corrected chi connectivity index (χ3v) is 6.79. The molecule has 0 spiro atoms. The number of nitrogens with zero attached hydrogens (tertiary/aromatic N) is 2. The monoisotopic (exact) mass is 544 g/mol. The maximum absolute atomic E-state index is 13.6. The van der Waals surface area contributed by atoms with E-state index in [1.54, 1.807) is 44.4 Å². The number of aryl methyl sites for hydroxylation is 1. The largest absolute Gasteiger partial charge is 0.495 e. The maximum atomic E-state index is 13.6. The second-order valence-electron chi connectivity index (χ2n) is 8.26. The quantitative estimate of drug-likeness (QED) is 0.257. The summed E-state index contributed by atoms with van der Waals surface area (Å²) in [4.78, 5) is 27.8. The Morgan fingerprint density at radius 2 is 1.58 bits per heavy atom. The molecule has 2 heterocycles. The van der Waals surface area contributed by atoms with Crippen LogP contribution in [0.5, 0.6) is 5.75 Å². The number of carbonyl (C=O) groups excluding carboxylic acids is 2. The van der Waals surface area contributed by atoms with Gasteiger partial charge in [-0.1, -0.05) is 34.8 Å². The van der Waals surface area contributed by atoms with Crippen LogP contribution < -0.4 is 9.64 Å². The van der Waals surface area contributed by atoms with E-state index in [-0.39, 0.29) is 17.1 Å². The van der Waals surface area contributed by atoms with E-state index in [1.165, 1.54) is 12.0 Å². The molecule has 0 unspecified atom stereocenters. The number of anilines is 1. The molecule has 9 heteroatoms. The average Bonchev–Trinajstić information content (AvgIpc) is 3.23. The lowest BCUT2D eigenvalue weighted by molar-refractivity contribution is -0.136. The Kier molecular flexibility index (Phi) is 7.23. The van der Waals surface area contributed by atoms with Crippen LogP contribution in [0.4, 0.5) is 5.69 Å². The summed E-state index contributed by atoms with van der Waals surface area (Å²) >= 11 is 18.7. The predicted octanol–water partition coefficient (Wildman–Crippen LogP) is 6.94. The number of esters is 1. The molecule has 2 aromatic carbocycles. The number of halogens is 3. The second kappa shape index (κ2) is 10.1. The maximum Gasteiger partial charge on any atom is 0.340 e. The van der Waals surface area contributed by atoms with E-state index in [9.17, 15) is 9.59 Å². The summed E-state index contributed by atoms with van der Waals surface area (Å²) in [6.07, 6.45) is 1.70. The Morgan fingerprint density at radius 3 is 2.17 bits per heavy atom. The van der Waals surface area contributed by atoms with Crippen molar-refractivity contribution in [2.75, 3.05) is 19.1 Å². The molecule has 186 valence electrons. The smallest absolute Gasteiger partial charge is 0.340 e. The molecule has 1 aromatic heterocycles. The summed E-state index contributed by atoms with van der Waals surface area (Å²) in [5, 5.41) is 1.23. The topological polar surface area (TPSA) is 60.8 Å². The summed E-state index contributed by atoms with van der Waals surface area (Å²) in [6.45, 7) is 5.56. The molecule has 4 rings (SSSR count). The van der Waals surface area contributed by atoms with E-state index in [2.05, 4.69) is 0 Å². The molecule has 0 saturated heterocycles. The van der Waals surface area contributed by atoms with Crippen LogP contribution in [-0.4, -0.2) is 30.7 Å². The van der Waals surface area contributed by atoms with E-state index in [0.29, 0.717) is 32.2 Å². The van der Waals surface area contributed by atoms with Gasteiger partial charge >= 0.3 is 5.97 Å². The highest BCUT2D eigenvalue weighted by atomic mass is 35.5. The number of carbonyl (C=O) groups is 2. The van der Waals surface area contributed by atoms with Gasteiger partial charge in [-0.15, -0.1) is 0 Å². The zero-order valence-electron chi connectivity index (χ0n) is 20.3. The zero-order valence-corrected chi connectivity index (χ0v) is 22.5. The molecule has 1 amide bonds. The molecule has 36 heavy (non-hydrogen) atoms. The molecular formula is C27H23Cl3N2O4. The molecule has 0 N–H and O–H groups in total. The van der Waals surface area contributed by atoms with Crippen LogP contribution >= 0.6 is 34.8 Å². The Balaban J connectivity index is 1.85. The van der Waals surface area contributed by atoms with Crippen molar-refractivity contribution in [1.29, 1.82) is 0 Å². The van der Waals surface area contributed by atoms with E-state index in [0.717, 1.165) is 22.6 Å². The third-order valence-electron chi connectivity index (χ3n) is 6.06. The highest BCUT2D eigenvalue weighted by Gasteiger charge is 2.38. The number of rotatable bonds is 5. The van der Waals surface area contributed by atoms with E-state index in [4.69, 9.17) is 44.3 Å². The van der Waals surface area contributed by atoms with Gasteiger partial charge in [0.2, 0.25) is 0 Å². The lowest BCUT2D eigenvalue weighted by Gasteiger charge is -2.18. The van der Waals surface area contributed by atoms with Gasteiger partial charge in [-0.05, 0) is 74.9 Å². The first-order chi connectivity index (χ1) is 17.1. The molecule has 0 bridgehead atoms. The van der Waals surface area contributed by atoms with Crippen molar-refractivity contribution in [2.24, 2.45) is 0 Å². The van der Waals surface area contributed by atoms with Crippen molar-refractivity contribution in [1.82, 2.24) is 4.57 Å². The number of ether oxygens (including phenoxy) is 2. The molecule has 1 aliphatic rings. The summed E-state index contributed by atoms with van der Waals surface area (Å²) in [7, 11) is 2.84. The van der Waals surface area contributed by atoms with Crippen molar-refractivity contribution in [3.63, 3.8) is 0 Å². The van der Waals surface area contributed by atoms with Crippen molar-refractivity contribution in [2.45, 2.75) is 20.8 Å². The minimum absolute atomic E-state index is 0.177. The van der Waals surface area contributed by atoms with E-state index in [1.807, 2.05) is 36.6 Å². The summed E-state index contributed by atoms with van der Waals surface area (Å²) < 4.78 is 12.3. The lowest BCUT2D eigenvalue weighted by Crippen LogP contribution is -2.24. The highest BCUT2D eigenvalue weighted by Crippen LogP contribution is 2.38. The standard InChI is InChI=1S/C27H23Cl3N2O4/c1-14-8-17(15(2)31(14)20-6-7-24(35-4)23(30)13-20)9-22-25(27(34)36-5)16(3)32(26(22)33)21-11-18(28)10-19(29)12-21/h6-13H,1-5H3/b22-9-. The first-order valence-electron chi connectivity index (χ1n) is 10.9. The number of aromatic nitrogens is 1. The third kappa shape index (κ3) is 4.52. The molecule has 1 aliphatic heterocycles. The predicted molar refractivity (Wildman–Crippen MR) is 143 cm³/mol. The number of allylic oxidation sites excluding steroid dienone is 1. The van der Waals surface area contributed by atoms with Crippen molar-refractivity contribution in [3.8, 4) is 11.4 Å². The number of amides is 1. The number of hydrogen-bond donors (Lipinski definition) is 0. The Morgan fingerprint density at radius 1 is 0.917 bits per heavy atom. The molecule has 0 aliphatic carbocycles. The van der Waals surface area contributed by atoms with Gasteiger partial charge in [0.05, 0.1) is 36.1 Å². The van der Waals surface area contributed by atoms with Crippen LogP contribution in [0.15, 0.2) is 59.3 Å². The molecule has 0 saturated carbocycles. The first-order valence-corrected chi connectivity index (χ1v) is 12.1. The molecule has 0 fully saturated rings. The minimum Gasteiger partial charge on any atom is -0.495 e. The van der Waals surface area contributed by atoms with Crippen LogP contribution in [-0.2, 0) is 14.3 Å². The van der Waals surface area contributed by atoms with Gasteiger partial charge in [0.15, 0.2) is 0 Å². The molecule has 6 nitrogen and oxygen atoms in total. The fourth-order valence-corrected chi connectivity index (χ4v) is 5.21. The Labute approximate surface area is 224 Å². The van der Waals surface area contributed by atoms with Gasteiger partial charge in [0, 0.05) is 32.8 Å². The summed E-state index contributed by atoms with van der Waals surface area (Å²) in [5.41, 5.74) is 4.66. The normalized spacial score (nSPS) is 14.7. The van der Waals surface area contributed by atoms with Gasteiger partial charge in [-0.3, -0.25) is 9.69 Å². The van der Waals surface area contributed by atoms with Gasteiger partial charge in [-0.2, -0.15) is 0 Å². The molecular weight excluding hydrogens is 523 g/mol. The molecule has 0 radical (unpaired) electrons. The van der Waals surface area contributed by atoms with Gasteiger partial charge in [0.1, 0.15) is 5.75 Å². The zero-order chi connectivity index (χ0) is 26.3. The van der Waals surface area contributed by atoms with E-state index < -0.39 is 5.97 Å². The Hall–Kier alpha value is -3.19. The first kappa shape index (κ1) is 25.9. The lowest BCUT2D eigenvalue weighted by atomic mass is 10.0. The Bertz CT molecular complexity index is 1450. The van der Waals surface area contributed by atoms with Gasteiger partial charge in [-0.25, -0.2) is 4.79 Å². The van der Waals surface area contributed by atoms with Gasteiger partial charge in [0.25, 0.3) is 5.91 Å². The van der Waals surface area contributed by atoms with Gasteiger partial charge < -0.3 is 14.0 Å². The van der Waals surface area contributed by atoms with Crippen LogP contribution in [0.3, 0.4) is 0 Å². The van der Waals surface area contributed by atoms with E-state index >= 15 is 0 Å². The average molecular weight is 546 g/mol. The number of methoxy groups -OCH3 is 2. The van der Waals surface area contributed by atoms with Crippen molar-refractivity contribution in [3.05, 3.63) is 91.3 Å². The summed E-state index contributed by atoms with van der Waals surface area (Å²) in [5.74, 6) is -0.423. The fourth-order valence-electron chi connectivity index (χ4n) is 4.44. The van der Waals surface area contributed by atoms with Crippen molar-refractivity contribution < 1.29 is 19.1 Å². The molecule has 0 atom stereocenters. The van der Waals surface area contributed by atoms with Crippen LogP contribution in [0, 0.1) is 13.8 Å². The SMILES string of the molecule is COC(=O)C1=C(C)N(c2cc(Cl)cc(Cl)c2)C(=O)/C1=C\c1cc(C)n(-c2ccc(OC)c(Cl)c2)c1C. The van der Waals surface area contributed by atoms with Crippen LogP contribution in [0.1, 0.15) is 23.9 Å².